The molecule has 1 N–H and O–H groups in total. The lowest BCUT2D eigenvalue weighted by Gasteiger charge is -2.09. The van der Waals surface area contributed by atoms with Crippen molar-refractivity contribution in [3.63, 3.8) is 0 Å². The molecule has 1 amide bonds. The molecule has 3 aromatic rings. The number of amides is 1. The molecule has 2 heterocycles. The van der Waals surface area contributed by atoms with E-state index >= 15 is 0 Å². The molecule has 0 aliphatic carbocycles. The van der Waals surface area contributed by atoms with Gasteiger partial charge in [-0.1, -0.05) is 18.2 Å². The first kappa shape index (κ1) is 16.6. The van der Waals surface area contributed by atoms with Crippen LogP contribution in [-0.4, -0.2) is 33.0 Å². The molecular formula is C18H19N5O2. The number of methoxy groups -OCH3 is 1. The summed E-state index contributed by atoms with van der Waals surface area (Å²) in [6.45, 7) is 4.20. The van der Waals surface area contributed by atoms with Crippen LogP contribution >= 0.6 is 0 Å². The lowest BCUT2D eigenvalue weighted by atomic mass is 10.2. The second-order valence-electron chi connectivity index (χ2n) is 5.61. The highest BCUT2D eigenvalue weighted by molar-refractivity contribution is 5.92. The maximum Gasteiger partial charge on any atom is 0.272 e. The molecule has 0 radical (unpaired) electrons. The lowest BCUT2D eigenvalue weighted by molar-refractivity contribution is 0.0944. The summed E-state index contributed by atoms with van der Waals surface area (Å²) < 4.78 is 6.97. The Bertz CT molecular complexity index is 887. The Hall–Kier alpha value is -3.22. The van der Waals surface area contributed by atoms with E-state index in [9.17, 15) is 4.79 Å². The van der Waals surface area contributed by atoms with Crippen LogP contribution < -0.4 is 10.1 Å². The van der Waals surface area contributed by atoms with Gasteiger partial charge in [0.15, 0.2) is 11.5 Å². The van der Waals surface area contributed by atoms with E-state index in [4.69, 9.17) is 4.74 Å². The van der Waals surface area contributed by atoms with E-state index in [-0.39, 0.29) is 11.6 Å². The molecular weight excluding hydrogens is 318 g/mol. The minimum Gasteiger partial charge on any atom is -0.496 e. The first-order valence-corrected chi connectivity index (χ1v) is 7.86. The van der Waals surface area contributed by atoms with Gasteiger partial charge >= 0.3 is 0 Å². The van der Waals surface area contributed by atoms with Crippen molar-refractivity contribution in [1.29, 1.82) is 0 Å². The van der Waals surface area contributed by atoms with Crippen LogP contribution in [0.4, 0.5) is 0 Å². The summed E-state index contributed by atoms with van der Waals surface area (Å²) in [5, 5.41) is 15.3. The average Bonchev–Trinajstić information content (AvgIpc) is 2.98. The molecule has 0 unspecified atom stereocenters. The van der Waals surface area contributed by atoms with Crippen LogP contribution in [0.15, 0.2) is 42.5 Å². The van der Waals surface area contributed by atoms with Crippen molar-refractivity contribution in [2.24, 2.45) is 0 Å². The van der Waals surface area contributed by atoms with E-state index in [1.807, 2.05) is 44.2 Å². The Morgan fingerprint density at radius 3 is 2.60 bits per heavy atom. The number of aryl methyl sites for hydroxylation is 2. The van der Waals surface area contributed by atoms with Gasteiger partial charge in [0.25, 0.3) is 5.91 Å². The smallest absolute Gasteiger partial charge is 0.272 e. The molecule has 0 atom stereocenters. The van der Waals surface area contributed by atoms with Gasteiger partial charge in [-0.15, -0.1) is 10.2 Å². The Kier molecular flexibility index (Phi) is 4.74. The van der Waals surface area contributed by atoms with Crippen molar-refractivity contribution in [2.75, 3.05) is 7.11 Å². The Morgan fingerprint density at radius 2 is 1.96 bits per heavy atom. The van der Waals surface area contributed by atoms with Gasteiger partial charge in [-0.2, -0.15) is 5.10 Å². The zero-order chi connectivity index (χ0) is 17.8. The van der Waals surface area contributed by atoms with Gasteiger partial charge in [-0.25, -0.2) is 4.68 Å². The van der Waals surface area contributed by atoms with E-state index in [1.54, 1.807) is 23.9 Å². The van der Waals surface area contributed by atoms with Gasteiger partial charge < -0.3 is 10.1 Å². The molecule has 0 aliphatic heterocycles. The highest BCUT2D eigenvalue weighted by Gasteiger charge is 2.11. The largest absolute Gasteiger partial charge is 0.496 e. The van der Waals surface area contributed by atoms with Crippen LogP contribution in [0.2, 0.25) is 0 Å². The quantitative estimate of drug-likeness (QED) is 0.772. The molecule has 7 heteroatoms. The third-order valence-corrected chi connectivity index (χ3v) is 3.74. The van der Waals surface area contributed by atoms with Gasteiger partial charge in [0.2, 0.25) is 0 Å². The number of hydrogen-bond acceptors (Lipinski definition) is 5. The first-order chi connectivity index (χ1) is 12.1. The molecule has 0 aliphatic rings. The van der Waals surface area contributed by atoms with E-state index in [2.05, 4.69) is 20.6 Å². The second kappa shape index (κ2) is 7.12. The van der Waals surface area contributed by atoms with Crippen molar-refractivity contribution < 1.29 is 9.53 Å². The number of nitrogens with zero attached hydrogens (tertiary/aromatic N) is 4. The van der Waals surface area contributed by atoms with E-state index in [0.717, 1.165) is 22.7 Å². The van der Waals surface area contributed by atoms with Gasteiger partial charge in [0.1, 0.15) is 5.75 Å². The van der Waals surface area contributed by atoms with Crippen molar-refractivity contribution in [3.05, 3.63) is 65.1 Å². The summed E-state index contributed by atoms with van der Waals surface area (Å²) in [7, 11) is 1.60. The Morgan fingerprint density at radius 1 is 1.16 bits per heavy atom. The first-order valence-electron chi connectivity index (χ1n) is 7.86. The number of nitrogens with one attached hydrogen (secondary N) is 1. The summed E-state index contributed by atoms with van der Waals surface area (Å²) >= 11 is 0. The van der Waals surface area contributed by atoms with Crippen molar-refractivity contribution in [1.82, 2.24) is 25.3 Å². The van der Waals surface area contributed by atoms with Crippen molar-refractivity contribution in [2.45, 2.75) is 20.4 Å². The molecule has 25 heavy (non-hydrogen) atoms. The highest BCUT2D eigenvalue weighted by atomic mass is 16.5. The number of ether oxygens (including phenoxy) is 1. The van der Waals surface area contributed by atoms with Crippen LogP contribution in [0.3, 0.4) is 0 Å². The number of carbonyl (C=O) groups is 1. The minimum absolute atomic E-state index is 0.250. The summed E-state index contributed by atoms with van der Waals surface area (Å²) in [5.74, 6) is 1.01. The van der Waals surface area contributed by atoms with E-state index < -0.39 is 0 Å². The fourth-order valence-corrected chi connectivity index (χ4v) is 2.54. The Balaban J connectivity index is 1.70. The number of aromatic nitrogens is 4. The molecule has 3 rings (SSSR count). The zero-order valence-corrected chi connectivity index (χ0v) is 14.4. The molecule has 0 saturated heterocycles. The zero-order valence-electron chi connectivity index (χ0n) is 14.4. The van der Waals surface area contributed by atoms with Crippen LogP contribution in [0.25, 0.3) is 5.82 Å². The normalized spacial score (nSPS) is 10.5. The monoisotopic (exact) mass is 337 g/mol. The van der Waals surface area contributed by atoms with Crippen LogP contribution in [0, 0.1) is 13.8 Å². The average molecular weight is 337 g/mol. The number of hydrogen-bond donors (Lipinski definition) is 1. The summed E-state index contributed by atoms with van der Waals surface area (Å²) in [4.78, 5) is 12.3. The summed E-state index contributed by atoms with van der Waals surface area (Å²) in [6, 6.07) is 12.8. The summed E-state index contributed by atoms with van der Waals surface area (Å²) in [6.07, 6.45) is 0. The topological polar surface area (TPSA) is 81.9 Å². The molecule has 1 aromatic carbocycles. The third-order valence-electron chi connectivity index (χ3n) is 3.74. The van der Waals surface area contributed by atoms with Crippen LogP contribution in [0.1, 0.15) is 27.4 Å². The van der Waals surface area contributed by atoms with Gasteiger partial charge in [-0.05, 0) is 38.1 Å². The maximum absolute atomic E-state index is 12.3. The number of para-hydroxylation sites is 1. The number of carbonyl (C=O) groups excluding carboxylic acids is 1. The fraction of sp³-hybridized carbons (Fsp3) is 0.222. The highest BCUT2D eigenvalue weighted by Crippen LogP contribution is 2.16. The molecule has 7 nitrogen and oxygen atoms in total. The summed E-state index contributed by atoms with van der Waals surface area (Å²) in [5.41, 5.74) is 3.00. The number of benzene rings is 1. The van der Waals surface area contributed by atoms with E-state index in [0.29, 0.717) is 12.4 Å². The lowest BCUT2D eigenvalue weighted by Crippen LogP contribution is -2.24. The fourth-order valence-electron chi connectivity index (χ4n) is 2.54. The SMILES string of the molecule is COc1ccccc1CNC(=O)c1ccc(-n2nc(C)cc2C)nn1. The number of rotatable bonds is 5. The van der Waals surface area contributed by atoms with E-state index in [1.165, 1.54) is 0 Å². The molecule has 128 valence electrons. The van der Waals surface area contributed by atoms with Crippen molar-refractivity contribution >= 4 is 5.91 Å². The second-order valence-corrected chi connectivity index (χ2v) is 5.61. The van der Waals surface area contributed by atoms with Gasteiger partial charge in [0.05, 0.1) is 12.8 Å². The molecule has 2 aromatic heterocycles. The molecule has 0 bridgehead atoms. The van der Waals surface area contributed by atoms with Crippen LogP contribution in [0.5, 0.6) is 5.75 Å². The predicted molar refractivity (Wildman–Crippen MR) is 92.8 cm³/mol. The van der Waals surface area contributed by atoms with Crippen LogP contribution in [-0.2, 0) is 6.54 Å². The maximum atomic E-state index is 12.3. The standard InChI is InChI=1S/C18H19N5O2/c1-12-10-13(2)23(22-12)17-9-8-15(20-21-17)18(24)19-11-14-6-4-5-7-16(14)25-3/h4-10H,11H2,1-3H3,(H,19,24). The van der Waals surface area contributed by atoms with Gasteiger partial charge in [-0.3, -0.25) is 4.79 Å². The molecule has 0 spiro atoms. The molecule has 0 saturated carbocycles. The van der Waals surface area contributed by atoms with Crippen molar-refractivity contribution in [3.8, 4) is 11.6 Å². The minimum atomic E-state index is -0.293. The third kappa shape index (κ3) is 3.65. The molecule has 0 fully saturated rings. The predicted octanol–water partition coefficient (Wildman–Crippen LogP) is 2.22. The Labute approximate surface area is 145 Å². The van der Waals surface area contributed by atoms with Gasteiger partial charge in [0, 0.05) is 17.8 Å².